The van der Waals surface area contributed by atoms with Crippen molar-refractivity contribution < 1.29 is 4.74 Å². The largest absolute Gasteiger partial charge is 0.492 e. The Morgan fingerprint density at radius 1 is 1.39 bits per heavy atom. The number of hydrogen-bond donors (Lipinski definition) is 1. The van der Waals surface area contributed by atoms with E-state index in [0.29, 0.717) is 17.7 Å². The van der Waals surface area contributed by atoms with Crippen LogP contribution in [0.5, 0.6) is 5.75 Å². The topological polar surface area (TPSA) is 24.5 Å². The Morgan fingerprint density at radius 3 is 2.72 bits per heavy atom. The Hall–Kier alpha value is -0.930. The first-order valence-electron chi connectivity index (χ1n) is 6.56. The molecule has 3 nitrogen and oxygen atoms in total. The molecule has 4 heteroatoms. The molecule has 0 aromatic heterocycles. The van der Waals surface area contributed by atoms with Crippen LogP contribution in [0.15, 0.2) is 18.2 Å². The fourth-order valence-corrected chi connectivity index (χ4v) is 2.49. The van der Waals surface area contributed by atoms with Gasteiger partial charge in [-0.05, 0) is 58.1 Å². The molecule has 18 heavy (non-hydrogen) atoms. The van der Waals surface area contributed by atoms with E-state index in [1.807, 2.05) is 25.1 Å². The average molecular weight is 269 g/mol. The molecule has 100 valence electrons. The van der Waals surface area contributed by atoms with Crippen LogP contribution in [0.2, 0.25) is 5.02 Å². The van der Waals surface area contributed by atoms with Crippen molar-refractivity contribution in [1.29, 1.82) is 0 Å². The van der Waals surface area contributed by atoms with Crippen LogP contribution in [-0.4, -0.2) is 37.7 Å². The fraction of sp³-hybridized carbons (Fsp3) is 0.571. The summed E-state index contributed by atoms with van der Waals surface area (Å²) in [6.45, 7) is 4.91. The average Bonchev–Trinajstić information content (AvgIpc) is 2.36. The van der Waals surface area contributed by atoms with Crippen molar-refractivity contribution in [2.75, 3.05) is 32.1 Å². The van der Waals surface area contributed by atoms with Crippen molar-refractivity contribution in [2.24, 2.45) is 0 Å². The molecule has 2 rings (SSSR count). The van der Waals surface area contributed by atoms with Gasteiger partial charge >= 0.3 is 0 Å². The SMILES string of the molecule is CCOc1ccc(NC2CCN(C)CC2)cc1Cl. The third-order valence-corrected chi connectivity index (χ3v) is 3.62. The van der Waals surface area contributed by atoms with Crippen LogP contribution in [-0.2, 0) is 0 Å². The molecule has 0 atom stereocenters. The maximum absolute atomic E-state index is 6.18. The minimum atomic E-state index is 0.551. The highest BCUT2D eigenvalue weighted by Gasteiger charge is 2.16. The lowest BCUT2D eigenvalue weighted by molar-refractivity contribution is 0.264. The first-order chi connectivity index (χ1) is 8.69. The van der Waals surface area contributed by atoms with Gasteiger partial charge in [-0.15, -0.1) is 0 Å². The van der Waals surface area contributed by atoms with Gasteiger partial charge in [-0.2, -0.15) is 0 Å². The maximum Gasteiger partial charge on any atom is 0.138 e. The number of rotatable bonds is 4. The molecule has 0 amide bonds. The van der Waals surface area contributed by atoms with Gasteiger partial charge in [0.25, 0.3) is 0 Å². The number of hydrogen-bond acceptors (Lipinski definition) is 3. The highest BCUT2D eigenvalue weighted by atomic mass is 35.5. The summed E-state index contributed by atoms with van der Waals surface area (Å²) in [7, 11) is 2.17. The second-order valence-corrected chi connectivity index (χ2v) is 5.21. The van der Waals surface area contributed by atoms with Crippen molar-refractivity contribution in [3.05, 3.63) is 23.2 Å². The summed E-state index contributed by atoms with van der Waals surface area (Å²) in [5.41, 5.74) is 1.08. The van der Waals surface area contributed by atoms with Crippen molar-refractivity contribution in [3.8, 4) is 5.75 Å². The Balaban J connectivity index is 1.95. The molecule has 0 unspecified atom stereocenters. The summed E-state index contributed by atoms with van der Waals surface area (Å²) >= 11 is 6.18. The lowest BCUT2D eigenvalue weighted by Gasteiger charge is -2.30. The minimum absolute atomic E-state index is 0.551. The predicted molar refractivity (Wildman–Crippen MR) is 76.8 cm³/mol. The van der Waals surface area contributed by atoms with E-state index in [-0.39, 0.29) is 0 Å². The van der Waals surface area contributed by atoms with E-state index in [1.54, 1.807) is 0 Å². The van der Waals surface area contributed by atoms with Crippen LogP contribution >= 0.6 is 11.6 Å². The third kappa shape index (κ3) is 3.53. The molecule has 0 radical (unpaired) electrons. The van der Waals surface area contributed by atoms with Crippen LogP contribution in [0.1, 0.15) is 19.8 Å². The van der Waals surface area contributed by atoms with Crippen LogP contribution in [0.4, 0.5) is 5.69 Å². The van der Waals surface area contributed by atoms with Crippen molar-refractivity contribution in [1.82, 2.24) is 4.90 Å². The van der Waals surface area contributed by atoms with E-state index >= 15 is 0 Å². The van der Waals surface area contributed by atoms with E-state index < -0.39 is 0 Å². The summed E-state index contributed by atoms with van der Waals surface area (Å²) in [4.78, 5) is 2.36. The fourth-order valence-electron chi connectivity index (χ4n) is 2.25. The zero-order valence-corrected chi connectivity index (χ0v) is 11.8. The summed E-state index contributed by atoms with van der Waals surface area (Å²) in [5.74, 6) is 0.757. The van der Waals surface area contributed by atoms with E-state index in [9.17, 15) is 0 Å². The smallest absolute Gasteiger partial charge is 0.138 e. The van der Waals surface area contributed by atoms with E-state index in [0.717, 1.165) is 24.5 Å². The first-order valence-corrected chi connectivity index (χ1v) is 6.94. The van der Waals surface area contributed by atoms with Gasteiger partial charge in [-0.25, -0.2) is 0 Å². The molecule has 0 aliphatic carbocycles. The predicted octanol–water partition coefficient (Wildman–Crippen LogP) is 3.24. The second kappa shape index (κ2) is 6.30. The lowest BCUT2D eigenvalue weighted by atomic mass is 10.1. The molecule has 1 saturated heterocycles. The van der Waals surface area contributed by atoms with Gasteiger partial charge in [-0.1, -0.05) is 11.6 Å². The molecule has 1 heterocycles. The minimum Gasteiger partial charge on any atom is -0.492 e. The standard InChI is InChI=1S/C14H21ClN2O/c1-3-18-14-5-4-12(10-13(14)15)16-11-6-8-17(2)9-7-11/h4-5,10-11,16H,3,6-9H2,1-2H3. The quantitative estimate of drug-likeness (QED) is 0.907. The van der Waals surface area contributed by atoms with E-state index in [4.69, 9.17) is 16.3 Å². The Morgan fingerprint density at radius 2 is 2.11 bits per heavy atom. The van der Waals surface area contributed by atoms with E-state index in [1.165, 1.54) is 12.8 Å². The van der Waals surface area contributed by atoms with Crippen LogP contribution in [0.25, 0.3) is 0 Å². The zero-order chi connectivity index (χ0) is 13.0. The molecule has 1 N–H and O–H groups in total. The van der Waals surface area contributed by atoms with Gasteiger partial charge in [0.1, 0.15) is 5.75 Å². The molecule has 0 bridgehead atoms. The van der Waals surface area contributed by atoms with Gasteiger partial charge < -0.3 is 15.0 Å². The summed E-state index contributed by atoms with van der Waals surface area (Å²) in [6.07, 6.45) is 2.36. The second-order valence-electron chi connectivity index (χ2n) is 4.80. The van der Waals surface area contributed by atoms with Crippen LogP contribution in [0.3, 0.4) is 0 Å². The number of nitrogens with one attached hydrogen (secondary N) is 1. The molecule has 1 aliphatic heterocycles. The Labute approximate surface area is 114 Å². The monoisotopic (exact) mass is 268 g/mol. The molecular formula is C14H21ClN2O. The van der Waals surface area contributed by atoms with Crippen molar-refractivity contribution in [3.63, 3.8) is 0 Å². The van der Waals surface area contributed by atoms with Crippen LogP contribution in [0, 0.1) is 0 Å². The number of anilines is 1. The lowest BCUT2D eigenvalue weighted by Crippen LogP contribution is -2.36. The van der Waals surface area contributed by atoms with Gasteiger partial charge in [0.2, 0.25) is 0 Å². The first kappa shape index (κ1) is 13.5. The number of nitrogens with zero attached hydrogens (tertiary/aromatic N) is 1. The Kier molecular flexibility index (Phi) is 4.72. The highest BCUT2D eigenvalue weighted by molar-refractivity contribution is 6.32. The number of halogens is 1. The maximum atomic E-state index is 6.18. The number of likely N-dealkylation sites (tertiary alicyclic amines) is 1. The van der Waals surface area contributed by atoms with Gasteiger partial charge in [-0.3, -0.25) is 0 Å². The third-order valence-electron chi connectivity index (χ3n) is 3.32. The number of piperidine rings is 1. The molecule has 1 aromatic rings. The van der Waals surface area contributed by atoms with Gasteiger partial charge in [0.15, 0.2) is 0 Å². The highest BCUT2D eigenvalue weighted by Crippen LogP contribution is 2.28. The molecule has 1 fully saturated rings. The van der Waals surface area contributed by atoms with Crippen molar-refractivity contribution in [2.45, 2.75) is 25.8 Å². The van der Waals surface area contributed by atoms with Crippen LogP contribution < -0.4 is 10.1 Å². The summed E-state index contributed by atoms with van der Waals surface area (Å²) in [5, 5.41) is 4.22. The normalized spacial score (nSPS) is 17.7. The summed E-state index contributed by atoms with van der Waals surface area (Å²) in [6, 6.07) is 6.47. The number of benzene rings is 1. The molecule has 1 aliphatic rings. The van der Waals surface area contributed by atoms with Gasteiger partial charge in [0.05, 0.1) is 11.6 Å². The summed E-state index contributed by atoms with van der Waals surface area (Å²) < 4.78 is 5.43. The molecule has 1 aromatic carbocycles. The Bertz CT molecular complexity index is 389. The van der Waals surface area contributed by atoms with Gasteiger partial charge in [0, 0.05) is 11.7 Å². The zero-order valence-electron chi connectivity index (χ0n) is 11.1. The van der Waals surface area contributed by atoms with E-state index in [2.05, 4.69) is 17.3 Å². The molecular weight excluding hydrogens is 248 g/mol. The number of ether oxygens (including phenoxy) is 1. The van der Waals surface area contributed by atoms with Crippen molar-refractivity contribution >= 4 is 17.3 Å². The molecule has 0 saturated carbocycles. The molecule has 0 spiro atoms.